The molecule has 0 radical (unpaired) electrons. The molecule has 0 saturated heterocycles. The van der Waals surface area contributed by atoms with E-state index >= 15 is 0 Å². The van der Waals surface area contributed by atoms with Crippen molar-refractivity contribution in [1.29, 1.82) is 0 Å². The number of hydrogen-bond acceptors (Lipinski definition) is 4. The SMILES string of the molecule is CS(=O)(=O)NCCCCCOc1ncc[nH]1. The lowest BCUT2D eigenvalue weighted by Crippen LogP contribution is -2.22. The minimum Gasteiger partial charge on any atom is -0.465 e. The molecule has 0 bridgehead atoms. The Balaban J connectivity index is 1.93. The van der Waals surface area contributed by atoms with E-state index in [1.807, 2.05) is 0 Å². The first-order valence-electron chi connectivity index (χ1n) is 5.15. The number of hydrogen-bond donors (Lipinski definition) is 2. The topological polar surface area (TPSA) is 84.1 Å². The summed E-state index contributed by atoms with van der Waals surface area (Å²) < 4.78 is 29.2. The molecule has 0 unspecified atom stereocenters. The highest BCUT2D eigenvalue weighted by atomic mass is 32.2. The molecule has 0 aromatic carbocycles. The van der Waals surface area contributed by atoms with Crippen LogP contribution < -0.4 is 9.46 Å². The minimum absolute atomic E-state index is 0.486. The zero-order chi connectivity index (χ0) is 11.9. The first-order chi connectivity index (χ1) is 7.58. The van der Waals surface area contributed by atoms with Gasteiger partial charge in [-0.2, -0.15) is 0 Å². The fourth-order valence-corrected chi connectivity index (χ4v) is 1.68. The predicted octanol–water partition coefficient (Wildman–Crippen LogP) is 0.508. The van der Waals surface area contributed by atoms with Crippen molar-refractivity contribution in [3.63, 3.8) is 0 Å². The third-order valence-corrected chi connectivity index (χ3v) is 2.63. The van der Waals surface area contributed by atoms with Crippen molar-refractivity contribution in [1.82, 2.24) is 14.7 Å². The maximum absolute atomic E-state index is 10.7. The number of H-pyrrole nitrogens is 1. The van der Waals surface area contributed by atoms with E-state index in [-0.39, 0.29) is 0 Å². The molecule has 7 heteroatoms. The number of rotatable bonds is 8. The molecule has 16 heavy (non-hydrogen) atoms. The zero-order valence-corrected chi connectivity index (χ0v) is 10.1. The highest BCUT2D eigenvalue weighted by Gasteiger charge is 1.99. The maximum Gasteiger partial charge on any atom is 0.293 e. The van der Waals surface area contributed by atoms with Gasteiger partial charge in [-0.15, -0.1) is 0 Å². The summed E-state index contributed by atoms with van der Waals surface area (Å²) in [6.07, 6.45) is 7.10. The summed E-state index contributed by atoms with van der Waals surface area (Å²) >= 11 is 0. The van der Waals surface area contributed by atoms with Crippen molar-refractivity contribution in [3.05, 3.63) is 12.4 Å². The number of sulfonamides is 1. The predicted molar refractivity (Wildman–Crippen MR) is 60.8 cm³/mol. The van der Waals surface area contributed by atoms with Crippen LogP contribution in [-0.4, -0.2) is 37.8 Å². The molecule has 0 spiro atoms. The summed E-state index contributed by atoms with van der Waals surface area (Å²) in [5.74, 6) is 0. The molecule has 0 saturated carbocycles. The van der Waals surface area contributed by atoms with E-state index in [1.54, 1.807) is 12.4 Å². The van der Waals surface area contributed by atoms with Crippen molar-refractivity contribution in [3.8, 4) is 6.01 Å². The van der Waals surface area contributed by atoms with Crippen LogP contribution in [0.1, 0.15) is 19.3 Å². The van der Waals surface area contributed by atoms with Gasteiger partial charge in [0, 0.05) is 18.9 Å². The van der Waals surface area contributed by atoms with E-state index in [4.69, 9.17) is 4.74 Å². The second kappa shape index (κ2) is 6.49. The van der Waals surface area contributed by atoms with Crippen molar-refractivity contribution < 1.29 is 13.2 Å². The first-order valence-corrected chi connectivity index (χ1v) is 7.04. The summed E-state index contributed by atoms with van der Waals surface area (Å²) in [6, 6.07) is 0.522. The van der Waals surface area contributed by atoms with E-state index in [9.17, 15) is 8.42 Å². The lowest BCUT2D eigenvalue weighted by atomic mass is 10.2. The van der Waals surface area contributed by atoms with E-state index < -0.39 is 10.0 Å². The monoisotopic (exact) mass is 247 g/mol. The molecule has 2 N–H and O–H groups in total. The third-order valence-electron chi connectivity index (χ3n) is 1.90. The van der Waals surface area contributed by atoms with Crippen LogP contribution in [0.15, 0.2) is 12.4 Å². The first kappa shape index (κ1) is 13.0. The summed E-state index contributed by atoms with van der Waals surface area (Å²) in [7, 11) is -3.05. The lowest BCUT2D eigenvalue weighted by Gasteiger charge is -2.03. The molecule has 0 aliphatic rings. The normalized spacial score (nSPS) is 11.6. The van der Waals surface area contributed by atoms with Crippen molar-refractivity contribution in [2.45, 2.75) is 19.3 Å². The lowest BCUT2D eigenvalue weighted by molar-refractivity contribution is 0.285. The van der Waals surface area contributed by atoms with Gasteiger partial charge in [-0.1, -0.05) is 0 Å². The van der Waals surface area contributed by atoms with Gasteiger partial charge in [0.1, 0.15) is 0 Å². The van der Waals surface area contributed by atoms with Crippen LogP contribution in [0.5, 0.6) is 6.01 Å². The molecule has 1 aromatic heterocycles. The second-order valence-electron chi connectivity index (χ2n) is 3.47. The standard InChI is InChI=1S/C9H17N3O3S/c1-16(13,14)12-5-3-2-4-8-15-9-10-6-7-11-9/h6-7,12H,2-5,8H2,1H3,(H,10,11). The largest absolute Gasteiger partial charge is 0.465 e. The number of aromatic amines is 1. The van der Waals surface area contributed by atoms with Crippen molar-refractivity contribution in [2.75, 3.05) is 19.4 Å². The number of ether oxygens (including phenoxy) is 1. The molecule has 0 aliphatic carbocycles. The Labute approximate surface area is 95.5 Å². The Bertz CT molecular complexity index is 375. The summed E-state index contributed by atoms with van der Waals surface area (Å²) in [6.45, 7) is 1.08. The molecule has 1 aromatic rings. The van der Waals surface area contributed by atoms with Gasteiger partial charge >= 0.3 is 0 Å². The van der Waals surface area contributed by atoms with E-state index in [0.717, 1.165) is 25.5 Å². The van der Waals surface area contributed by atoms with E-state index in [1.165, 1.54) is 0 Å². The summed E-state index contributed by atoms with van der Waals surface area (Å²) in [4.78, 5) is 6.75. The average molecular weight is 247 g/mol. The van der Waals surface area contributed by atoms with Crippen molar-refractivity contribution in [2.24, 2.45) is 0 Å². The number of aromatic nitrogens is 2. The third kappa shape index (κ3) is 6.41. The van der Waals surface area contributed by atoms with Crippen LogP contribution in [0.2, 0.25) is 0 Å². The van der Waals surface area contributed by atoms with E-state index in [2.05, 4.69) is 14.7 Å². The molecular formula is C9H17N3O3S. The number of unbranched alkanes of at least 4 members (excludes halogenated alkanes) is 2. The quantitative estimate of drug-likeness (QED) is 0.655. The fourth-order valence-electron chi connectivity index (χ4n) is 1.16. The van der Waals surface area contributed by atoms with Gasteiger partial charge in [-0.25, -0.2) is 18.1 Å². The minimum atomic E-state index is -3.05. The highest BCUT2D eigenvalue weighted by Crippen LogP contribution is 2.01. The smallest absolute Gasteiger partial charge is 0.293 e. The van der Waals surface area contributed by atoms with Crippen LogP contribution in [0, 0.1) is 0 Å². The molecular weight excluding hydrogens is 230 g/mol. The van der Waals surface area contributed by atoms with Gasteiger partial charge in [0.25, 0.3) is 6.01 Å². The Hall–Kier alpha value is -1.08. The number of imidazole rings is 1. The molecule has 92 valence electrons. The Morgan fingerprint density at radius 1 is 1.44 bits per heavy atom. The maximum atomic E-state index is 10.7. The van der Waals surface area contributed by atoms with Crippen LogP contribution in [0.4, 0.5) is 0 Å². The molecule has 0 atom stereocenters. The fraction of sp³-hybridized carbons (Fsp3) is 0.667. The Morgan fingerprint density at radius 3 is 2.88 bits per heavy atom. The average Bonchev–Trinajstić information content (AvgIpc) is 2.67. The number of nitrogens with zero attached hydrogens (tertiary/aromatic N) is 1. The molecule has 0 aliphatic heterocycles. The second-order valence-corrected chi connectivity index (χ2v) is 5.30. The van der Waals surface area contributed by atoms with Crippen molar-refractivity contribution >= 4 is 10.0 Å². The van der Waals surface area contributed by atoms with Gasteiger partial charge < -0.3 is 9.72 Å². The molecule has 0 amide bonds. The Kier molecular flexibility index (Phi) is 5.27. The van der Waals surface area contributed by atoms with E-state index in [0.29, 0.717) is 19.2 Å². The Morgan fingerprint density at radius 2 is 2.25 bits per heavy atom. The highest BCUT2D eigenvalue weighted by molar-refractivity contribution is 7.88. The van der Waals surface area contributed by atoms with Gasteiger partial charge in [-0.05, 0) is 19.3 Å². The van der Waals surface area contributed by atoms with Crippen LogP contribution in [0.3, 0.4) is 0 Å². The van der Waals surface area contributed by atoms with Gasteiger partial charge in [-0.3, -0.25) is 0 Å². The molecule has 0 fully saturated rings. The summed E-state index contributed by atoms with van der Waals surface area (Å²) in [5.41, 5.74) is 0. The molecule has 6 nitrogen and oxygen atoms in total. The summed E-state index contributed by atoms with van der Waals surface area (Å²) in [5, 5.41) is 0. The van der Waals surface area contributed by atoms with Crippen LogP contribution in [-0.2, 0) is 10.0 Å². The molecule has 1 rings (SSSR count). The van der Waals surface area contributed by atoms with Gasteiger partial charge in [0.2, 0.25) is 10.0 Å². The molecule has 1 heterocycles. The van der Waals surface area contributed by atoms with Gasteiger partial charge in [0.05, 0.1) is 12.9 Å². The zero-order valence-electron chi connectivity index (χ0n) is 9.27. The van der Waals surface area contributed by atoms with Gasteiger partial charge in [0.15, 0.2) is 0 Å². The van der Waals surface area contributed by atoms with Crippen LogP contribution in [0.25, 0.3) is 0 Å². The number of nitrogens with one attached hydrogen (secondary N) is 2. The van der Waals surface area contributed by atoms with Crippen LogP contribution >= 0.6 is 0 Å².